The van der Waals surface area contributed by atoms with Crippen LogP contribution in [-0.2, 0) is 9.59 Å². The quantitative estimate of drug-likeness (QED) is 0.656. The maximum atomic E-state index is 12.3. The standard InChI is InChI=1S/C17H18N2O3S2/c1-11-8-12(4-5-13(11)18-6-2-3-7-18)9-14-16(22)19(10-15(20)21)17(23)24-14/h4-5,8-9H,2-3,6-7,10H2,1H3,(H,20,21). The van der Waals surface area contributed by atoms with E-state index in [1.165, 1.54) is 24.1 Å². The van der Waals surface area contributed by atoms with E-state index in [2.05, 4.69) is 24.0 Å². The minimum atomic E-state index is -1.07. The van der Waals surface area contributed by atoms with Gasteiger partial charge in [0.1, 0.15) is 10.9 Å². The molecule has 24 heavy (non-hydrogen) atoms. The first-order valence-corrected chi connectivity index (χ1v) is 9.01. The zero-order valence-electron chi connectivity index (χ0n) is 13.3. The van der Waals surface area contributed by atoms with Crippen LogP contribution in [0.2, 0.25) is 0 Å². The van der Waals surface area contributed by atoms with E-state index in [1.54, 1.807) is 6.08 Å². The highest BCUT2D eigenvalue weighted by molar-refractivity contribution is 8.26. The predicted octanol–water partition coefficient (Wildman–Crippen LogP) is 2.88. The van der Waals surface area contributed by atoms with Gasteiger partial charge in [-0.25, -0.2) is 0 Å². The first-order chi connectivity index (χ1) is 11.5. The lowest BCUT2D eigenvalue weighted by atomic mass is 10.1. The maximum absolute atomic E-state index is 12.3. The molecule has 0 aromatic heterocycles. The van der Waals surface area contributed by atoms with Crippen molar-refractivity contribution >= 4 is 51.9 Å². The van der Waals surface area contributed by atoms with Gasteiger partial charge in [-0.2, -0.15) is 0 Å². The Bertz CT molecular complexity index is 739. The van der Waals surface area contributed by atoms with Crippen molar-refractivity contribution in [3.8, 4) is 0 Å². The molecule has 0 unspecified atom stereocenters. The SMILES string of the molecule is Cc1cc(C=C2SC(=S)N(CC(=O)O)C2=O)ccc1N1CCCC1. The minimum absolute atomic E-state index is 0.291. The van der Waals surface area contributed by atoms with Gasteiger partial charge in [0.2, 0.25) is 0 Å². The van der Waals surface area contributed by atoms with Crippen LogP contribution in [-0.4, -0.2) is 45.8 Å². The molecule has 1 aromatic carbocycles. The molecular formula is C17H18N2O3S2. The Morgan fingerprint density at radius 3 is 2.71 bits per heavy atom. The number of carboxylic acids is 1. The van der Waals surface area contributed by atoms with Gasteiger partial charge in [-0.05, 0) is 49.1 Å². The van der Waals surface area contributed by atoms with Gasteiger partial charge in [-0.3, -0.25) is 14.5 Å². The molecule has 0 aliphatic carbocycles. The van der Waals surface area contributed by atoms with Crippen molar-refractivity contribution in [2.45, 2.75) is 19.8 Å². The van der Waals surface area contributed by atoms with E-state index < -0.39 is 12.5 Å². The summed E-state index contributed by atoms with van der Waals surface area (Å²) in [6.45, 7) is 3.86. The number of anilines is 1. The molecule has 7 heteroatoms. The second-order valence-corrected chi connectivity index (χ2v) is 7.58. The molecular weight excluding hydrogens is 344 g/mol. The van der Waals surface area contributed by atoms with Gasteiger partial charge in [0.25, 0.3) is 5.91 Å². The van der Waals surface area contributed by atoms with Crippen LogP contribution >= 0.6 is 24.0 Å². The van der Waals surface area contributed by atoms with Crippen molar-refractivity contribution in [3.63, 3.8) is 0 Å². The number of carboxylic acid groups (broad SMARTS) is 1. The lowest BCUT2D eigenvalue weighted by molar-refractivity contribution is -0.140. The van der Waals surface area contributed by atoms with Gasteiger partial charge in [0.15, 0.2) is 0 Å². The van der Waals surface area contributed by atoms with E-state index in [9.17, 15) is 9.59 Å². The molecule has 0 bridgehead atoms. The van der Waals surface area contributed by atoms with E-state index in [4.69, 9.17) is 17.3 Å². The highest BCUT2D eigenvalue weighted by Gasteiger charge is 2.33. The van der Waals surface area contributed by atoms with Gasteiger partial charge in [0.05, 0.1) is 4.91 Å². The highest BCUT2D eigenvalue weighted by atomic mass is 32.2. The van der Waals surface area contributed by atoms with Gasteiger partial charge < -0.3 is 10.0 Å². The molecule has 2 fully saturated rings. The number of rotatable bonds is 4. The van der Waals surface area contributed by atoms with Crippen molar-refractivity contribution in [1.29, 1.82) is 0 Å². The van der Waals surface area contributed by atoms with Gasteiger partial charge in [-0.15, -0.1) is 0 Å². The number of aryl methyl sites for hydroxylation is 1. The number of hydrogen-bond acceptors (Lipinski definition) is 5. The van der Waals surface area contributed by atoms with E-state index in [-0.39, 0.29) is 5.91 Å². The van der Waals surface area contributed by atoms with Crippen molar-refractivity contribution in [2.24, 2.45) is 0 Å². The molecule has 1 amide bonds. The number of aliphatic carboxylic acids is 1. The molecule has 1 aromatic rings. The van der Waals surface area contributed by atoms with Gasteiger partial charge in [-0.1, -0.05) is 30.0 Å². The first kappa shape index (κ1) is 17.0. The summed E-state index contributed by atoms with van der Waals surface area (Å²) in [5.41, 5.74) is 3.33. The fourth-order valence-electron chi connectivity index (χ4n) is 3.00. The average molecular weight is 362 g/mol. The van der Waals surface area contributed by atoms with Gasteiger partial charge in [0, 0.05) is 18.8 Å². The van der Waals surface area contributed by atoms with Crippen molar-refractivity contribution < 1.29 is 14.7 Å². The number of hydrogen-bond donors (Lipinski definition) is 1. The molecule has 2 saturated heterocycles. The third-order valence-corrected chi connectivity index (χ3v) is 5.51. The molecule has 0 atom stereocenters. The largest absolute Gasteiger partial charge is 0.480 e. The zero-order valence-corrected chi connectivity index (χ0v) is 15.0. The number of amides is 1. The Hall–Kier alpha value is -1.86. The lowest BCUT2D eigenvalue weighted by Crippen LogP contribution is -2.33. The molecule has 0 spiro atoms. The molecule has 0 saturated carbocycles. The smallest absolute Gasteiger partial charge is 0.323 e. The Morgan fingerprint density at radius 2 is 2.08 bits per heavy atom. The molecule has 1 N–H and O–H groups in total. The summed E-state index contributed by atoms with van der Waals surface area (Å²) in [6.07, 6.45) is 4.24. The number of carbonyl (C=O) groups excluding carboxylic acids is 1. The lowest BCUT2D eigenvalue weighted by Gasteiger charge is -2.20. The van der Waals surface area contributed by atoms with Crippen molar-refractivity contribution in [1.82, 2.24) is 4.90 Å². The van der Waals surface area contributed by atoms with Crippen LogP contribution in [0.4, 0.5) is 5.69 Å². The summed E-state index contributed by atoms with van der Waals surface area (Å²) >= 11 is 6.25. The van der Waals surface area contributed by atoms with Crippen LogP contribution in [0.1, 0.15) is 24.0 Å². The Kier molecular flexibility index (Phi) is 4.91. The van der Waals surface area contributed by atoms with E-state index >= 15 is 0 Å². The second-order valence-electron chi connectivity index (χ2n) is 5.90. The second kappa shape index (κ2) is 6.94. The first-order valence-electron chi connectivity index (χ1n) is 7.78. The molecule has 3 rings (SSSR count). The Labute approximate surface area is 150 Å². The van der Waals surface area contributed by atoms with Crippen molar-refractivity contribution in [2.75, 3.05) is 24.5 Å². The summed E-state index contributed by atoms with van der Waals surface area (Å²) < 4.78 is 0.291. The number of thiocarbonyl (C=S) groups is 1. The fourth-order valence-corrected chi connectivity index (χ4v) is 4.26. The summed E-state index contributed by atoms with van der Waals surface area (Å²) in [5, 5.41) is 8.87. The molecule has 126 valence electrons. The molecule has 2 aliphatic heterocycles. The minimum Gasteiger partial charge on any atom is -0.480 e. The highest BCUT2D eigenvalue weighted by Crippen LogP contribution is 2.33. The Morgan fingerprint density at radius 1 is 1.38 bits per heavy atom. The monoisotopic (exact) mass is 362 g/mol. The third-order valence-electron chi connectivity index (χ3n) is 4.13. The predicted molar refractivity (Wildman–Crippen MR) is 100 cm³/mol. The van der Waals surface area contributed by atoms with Crippen LogP contribution in [0.25, 0.3) is 6.08 Å². The van der Waals surface area contributed by atoms with Crippen LogP contribution in [0, 0.1) is 6.92 Å². The fraction of sp³-hybridized carbons (Fsp3) is 0.353. The van der Waals surface area contributed by atoms with Crippen LogP contribution in [0.5, 0.6) is 0 Å². The average Bonchev–Trinajstić information content (AvgIpc) is 3.12. The third kappa shape index (κ3) is 3.47. The zero-order chi connectivity index (χ0) is 17.3. The maximum Gasteiger partial charge on any atom is 0.323 e. The van der Waals surface area contributed by atoms with E-state index in [1.807, 2.05) is 6.07 Å². The molecule has 2 heterocycles. The van der Waals surface area contributed by atoms with Gasteiger partial charge >= 0.3 is 5.97 Å². The number of thioether (sulfide) groups is 1. The van der Waals surface area contributed by atoms with Crippen molar-refractivity contribution in [3.05, 3.63) is 34.2 Å². The van der Waals surface area contributed by atoms with E-state index in [0.717, 1.165) is 35.3 Å². The van der Waals surface area contributed by atoms with Crippen LogP contribution < -0.4 is 4.90 Å². The van der Waals surface area contributed by atoms with Crippen LogP contribution in [0.3, 0.4) is 0 Å². The number of benzene rings is 1. The molecule has 0 radical (unpaired) electrons. The van der Waals surface area contributed by atoms with E-state index in [0.29, 0.717) is 9.23 Å². The topological polar surface area (TPSA) is 60.9 Å². The summed E-state index contributed by atoms with van der Waals surface area (Å²) in [4.78, 5) is 27.1. The number of nitrogens with zero attached hydrogens (tertiary/aromatic N) is 2. The number of carbonyl (C=O) groups is 2. The summed E-state index contributed by atoms with van der Waals surface area (Å²) in [7, 11) is 0. The molecule has 2 aliphatic rings. The molecule has 5 nitrogen and oxygen atoms in total. The summed E-state index contributed by atoms with van der Waals surface area (Å²) in [6, 6.07) is 6.13. The normalized spacial score (nSPS) is 19.6. The van der Waals surface area contributed by atoms with Crippen LogP contribution in [0.15, 0.2) is 23.1 Å². The Balaban J connectivity index is 1.81. The summed E-state index contributed by atoms with van der Waals surface area (Å²) in [5.74, 6) is -1.41.